The van der Waals surface area contributed by atoms with Gasteiger partial charge in [0, 0.05) is 35.2 Å². The zero-order valence-electron chi connectivity index (χ0n) is 22.6. The van der Waals surface area contributed by atoms with Crippen LogP contribution in [0.2, 0.25) is 0 Å². The van der Waals surface area contributed by atoms with E-state index in [4.69, 9.17) is 0 Å². The van der Waals surface area contributed by atoms with Crippen LogP contribution in [0.25, 0.3) is 17.0 Å². The van der Waals surface area contributed by atoms with Gasteiger partial charge in [-0.1, -0.05) is 51.3 Å². The van der Waals surface area contributed by atoms with Gasteiger partial charge in [0.2, 0.25) is 0 Å². The molecule has 0 spiro atoms. The van der Waals surface area contributed by atoms with E-state index in [1.54, 1.807) is 24.3 Å². The SMILES string of the molecule is CC.O=c1c2c(n(C3CCCCC3)c3ccccc13)CC=CC([S+](c1ccc(O)cc1)c1ccc(O)cc1)=C2. The van der Waals surface area contributed by atoms with Crippen LogP contribution in [0.4, 0.5) is 0 Å². The number of nitrogens with zero attached hydrogens (tertiary/aromatic N) is 1. The lowest BCUT2D eigenvalue weighted by Gasteiger charge is -2.30. The molecule has 1 fully saturated rings. The summed E-state index contributed by atoms with van der Waals surface area (Å²) in [6.07, 6.45) is 13.1. The number of aromatic hydroxyl groups is 2. The van der Waals surface area contributed by atoms with E-state index in [1.165, 1.54) is 19.3 Å². The third-order valence-corrected chi connectivity index (χ3v) is 9.67. The second kappa shape index (κ2) is 12.0. The summed E-state index contributed by atoms with van der Waals surface area (Å²) in [4.78, 5) is 17.1. The van der Waals surface area contributed by atoms with Crippen molar-refractivity contribution in [3.63, 3.8) is 0 Å². The summed E-state index contributed by atoms with van der Waals surface area (Å²) < 4.78 is 2.47. The topological polar surface area (TPSA) is 62.5 Å². The first-order valence-corrected chi connectivity index (χ1v) is 15.2. The molecule has 0 bridgehead atoms. The lowest BCUT2D eigenvalue weighted by molar-refractivity contribution is 0.354. The van der Waals surface area contributed by atoms with E-state index < -0.39 is 10.9 Å². The van der Waals surface area contributed by atoms with E-state index in [0.29, 0.717) is 12.5 Å². The lowest BCUT2D eigenvalue weighted by Crippen LogP contribution is -2.23. The van der Waals surface area contributed by atoms with E-state index >= 15 is 0 Å². The summed E-state index contributed by atoms with van der Waals surface area (Å²) in [5, 5.41) is 20.6. The Morgan fingerprint density at radius 1 is 0.795 bits per heavy atom. The van der Waals surface area contributed by atoms with Crippen LogP contribution >= 0.6 is 0 Å². The molecule has 4 nitrogen and oxygen atoms in total. The Morgan fingerprint density at radius 3 is 2.00 bits per heavy atom. The van der Waals surface area contributed by atoms with Crippen molar-refractivity contribution in [2.75, 3.05) is 0 Å². The van der Waals surface area contributed by atoms with Crippen LogP contribution in [0, 0.1) is 0 Å². The summed E-state index contributed by atoms with van der Waals surface area (Å²) in [5.41, 5.74) is 3.00. The fourth-order valence-electron chi connectivity index (χ4n) is 5.72. The second-order valence-corrected chi connectivity index (χ2v) is 11.8. The Bertz CT molecular complexity index is 1510. The lowest BCUT2D eigenvalue weighted by atomic mass is 9.93. The summed E-state index contributed by atoms with van der Waals surface area (Å²) in [6.45, 7) is 4.00. The molecular weight excluding hydrogens is 502 g/mol. The average molecular weight is 539 g/mol. The number of hydrogen-bond donors (Lipinski definition) is 2. The van der Waals surface area contributed by atoms with Crippen LogP contribution in [0.3, 0.4) is 0 Å². The van der Waals surface area contributed by atoms with Crippen molar-refractivity contribution < 1.29 is 10.2 Å². The van der Waals surface area contributed by atoms with E-state index in [-0.39, 0.29) is 16.9 Å². The highest BCUT2D eigenvalue weighted by atomic mass is 32.2. The molecule has 0 amide bonds. The molecule has 0 unspecified atom stereocenters. The van der Waals surface area contributed by atoms with Gasteiger partial charge in [-0.2, -0.15) is 0 Å². The molecule has 4 aromatic rings. The van der Waals surface area contributed by atoms with Crippen molar-refractivity contribution in [1.29, 1.82) is 0 Å². The van der Waals surface area contributed by atoms with Gasteiger partial charge >= 0.3 is 0 Å². The van der Waals surface area contributed by atoms with E-state index in [9.17, 15) is 15.0 Å². The maximum atomic E-state index is 13.9. The average Bonchev–Trinajstić information content (AvgIpc) is 3.20. The van der Waals surface area contributed by atoms with Gasteiger partial charge in [-0.3, -0.25) is 4.79 Å². The molecule has 1 saturated carbocycles. The van der Waals surface area contributed by atoms with Crippen molar-refractivity contribution in [2.24, 2.45) is 0 Å². The molecule has 3 aromatic carbocycles. The van der Waals surface area contributed by atoms with Crippen LogP contribution < -0.4 is 5.43 Å². The van der Waals surface area contributed by atoms with Crippen molar-refractivity contribution >= 4 is 27.9 Å². The predicted octanol–water partition coefficient (Wildman–Crippen LogP) is 8.13. The molecular formula is C34H36NO3S+. The normalized spacial score (nSPS) is 15.3. The number of hydrogen-bond acceptors (Lipinski definition) is 3. The molecule has 0 atom stereocenters. The van der Waals surface area contributed by atoms with Crippen LogP contribution in [-0.2, 0) is 17.3 Å². The number of allylic oxidation sites excluding steroid dienone is 2. The van der Waals surface area contributed by atoms with Crippen molar-refractivity contribution in [3.8, 4) is 11.5 Å². The summed E-state index contributed by atoms with van der Waals surface area (Å²) in [6, 6.07) is 23.0. The van der Waals surface area contributed by atoms with Gasteiger partial charge in [-0.25, -0.2) is 0 Å². The highest BCUT2D eigenvalue weighted by Gasteiger charge is 2.32. The largest absolute Gasteiger partial charge is 0.508 e. The third-order valence-electron chi connectivity index (χ3n) is 7.45. The van der Waals surface area contributed by atoms with Crippen LogP contribution in [0.15, 0.2) is 104 Å². The molecule has 39 heavy (non-hydrogen) atoms. The minimum absolute atomic E-state index is 0.0822. The number of rotatable bonds is 4. The number of phenolic OH excluding ortho intramolecular Hbond substituents is 2. The monoisotopic (exact) mass is 538 g/mol. The maximum Gasteiger partial charge on any atom is 0.197 e. The standard InChI is InChI=1S/C32H29NO3S.C2H6/c34-23-13-17-25(18-14-23)37(26-19-15-24(35)16-20-26)27-9-6-12-31-29(21-27)32(36)28-10-4-5-11-30(28)33(31)22-7-2-1-3-8-22;1-2/h4-6,9-11,13-22H,1-3,7-8,12H2,(H-,34,35);1-2H3/p+1. The molecule has 0 radical (unpaired) electrons. The molecule has 0 aliphatic heterocycles. The number of phenols is 2. The van der Waals surface area contributed by atoms with Gasteiger partial charge < -0.3 is 14.8 Å². The zero-order valence-corrected chi connectivity index (χ0v) is 23.5. The number of para-hydroxylation sites is 1. The van der Waals surface area contributed by atoms with Crippen LogP contribution in [-0.4, -0.2) is 14.8 Å². The molecule has 1 heterocycles. The molecule has 1 aromatic heterocycles. The fraction of sp³-hybridized carbons (Fsp3) is 0.265. The van der Waals surface area contributed by atoms with Gasteiger partial charge in [0.25, 0.3) is 0 Å². The molecule has 2 aliphatic carbocycles. The highest BCUT2D eigenvalue weighted by Crippen LogP contribution is 2.37. The molecule has 5 heteroatoms. The number of aromatic nitrogens is 1. The minimum Gasteiger partial charge on any atom is -0.508 e. The van der Waals surface area contributed by atoms with Gasteiger partial charge in [0.15, 0.2) is 20.1 Å². The zero-order chi connectivity index (χ0) is 27.4. The second-order valence-electron chi connectivity index (χ2n) is 9.82. The van der Waals surface area contributed by atoms with Gasteiger partial charge in [0.05, 0.1) is 16.4 Å². The first kappa shape index (κ1) is 26.9. The highest BCUT2D eigenvalue weighted by molar-refractivity contribution is 8.01. The molecule has 200 valence electrons. The number of benzene rings is 3. The first-order chi connectivity index (χ1) is 19.1. The van der Waals surface area contributed by atoms with Crippen molar-refractivity contribution in [1.82, 2.24) is 4.57 Å². The number of pyridine rings is 1. The van der Waals surface area contributed by atoms with Gasteiger partial charge in [0.1, 0.15) is 11.5 Å². The summed E-state index contributed by atoms with van der Waals surface area (Å²) in [5.74, 6) is 0.436. The van der Waals surface area contributed by atoms with Crippen LogP contribution in [0.5, 0.6) is 11.5 Å². The maximum absolute atomic E-state index is 13.9. The summed E-state index contributed by atoms with van der Waals surface area (Å²) in [7, 11) is -0.522. The molecule has 0 saturated heterocycles. The minimum atomic E-state index is -0.522. The fourth-order valence-corrected chi connectivity index (χ4v) is 7.82. The van der Waals surface area contributed by atoms with Gasteiger partial charge in [-0.05, 0) is 79.6 Å². The quantitative estimate of drug-likeness (QED) is 0.258. The summed E-state index contributed by atoms with van der Waals surface area (Å²) >= 11 is 0. The smallest absolute Gasteiger partial charge is 0.197 e. The Morgan fingerprint density at radius 2 is 1.38 bits per heavy atom. The van der Waals surface area contributed by atoms with E-state index in [2.05, 4.69) is 28.9 Å². The van der Waals surface area contributed by atoms with E-state index in [1.807, 2.05) is 56.3 Å². The van der Waals surface area contributed by atoms with Gasteiger partial charge in [-0.15, -0.1) is 0 Å². The van der Waals surface area contributed by atoms with E-state index in [0.717, 1.165) is 49.7 Å². The van der Waals surface area contributed by atoms with Crippen molar-refractivity contribution in [3.05, 3.63) is 111 Å². The molecule has 6 rings (SSSR count). The predicted molar refractivity (Wildman–Crippen MR) is 163 cm³/mol. The number of fused-ring (bicyclic) bond motifs is 2. The third kappa shape index (κ3) is 5.41. The van der Waals surface area contributed by atoms with Crippen LogP contribution in [0.1, 0.15) is 63.3 Å². The Balaban J connectivity index is 0.00000151. The first-order valence-electron chi connectivity index (χ1n) is 14.0. The molecule has 2 aliphatic rings. The van der Waals surface area contributed by atoms with Crippen molar-refractivity contribution in [2.45, 2.75) is 68.2 Å². The Labute approximate surface area is 233 Å². The Hall–Kier alpha value is -3.70. The Kier molecular flexibility index (Phi) is 8.27. The molecule has 2 N–H and O–H groups in total.